The molecule has 1 aromatic carbocycles. The Morgan fingerprint density at radius 1 is 1.25 bits per heavy atom. The lowest BCUT2D eigenvalue weighted by Crippen LogP contribution is -1.91. The third-order valence-electron chi connectivity index (χ3n) is 2.12. The fraction of sp³-hybridized carbons (Fsp3) is 0.222. The van der Waals surface area contributed by atoms with Crippen LogP contribution in [-0.4, -0.2) is 23.1 Å². The lowest BCUT2D eigenvalue weighted by Gasteiger charge is -1.91. The van der Waals surface area contributed by atoms with Crippen molar-refractivity contribution in [1.29, 1.82) is 0 Å². The molecule has 0 aliphatic carbocycles. The molecule has 1 aliphatic rings. The second-order valence-electron chi connectivity index (χ2n) is 3.06. The molecule has 1 fully saturated rings. The van der Waals surface area contributed by atoms with Gasteiger partial charge < -0.3 is 9.88 Å². The van der Waals surface area contributed by atoms with Crippen LogP contribution in [0.15, 0.2) is 24.3 Å². The first-order chi connectivity index (χ1) is 5.93. The number of anilines is 1. The van der Waals surface area contributed by atoms with E-state index in [1.165, 1.54) is 0 Å². The molecule has 1 aliphatic heterocycles. The van der Waals surface area contributed by atoms with E-state index < -0.39 is 0 Å². The summed E-state index contributed by atoms with van der Waals surface area (Å²) >= 11 is 0. The van der Waals surface area contributed by atoms with E-state index in [2.05, 4.69) is 20.9 Å². The third kappa shape index (κ3) is 0.794. The number of fused-ring (bicyclic) bond motifs is 1. The van der Waals surface area contributed by atoms with E-state index >= 15 is 0 Å². The van der Waals surface area contributed by atoms with Crippen LogP contribution < -0.4 is 4.90 Å². The Bertz CT molecular complexity index is 381. The normalized spacial score (nSPS) is 15.5. The van der Waals surface area contributed by atoms with E-state index in [0.717, 1.165) is 30.1 Å². The Morgan fingerprint density at radius 3 is 2.83 bits per heavy atom. The highest BCUT2D eigenvalue weighted by Crippen LogP contribution is 2.20. The second-order valence-corrected chi connectivity index (χ2v) is 3.06. The zero-order valence-electron chi connectivity index (χ0n) is 6.62. The average molecular weight is 159 g/mol. The summed E-state index contributed by atoms with van der Waals surface area (Å²) in [6.07, 6.45) is 0. The van der Waals surface area contributed by atoms with Crippen molar-refractivity contribution in [3.8, 4) is 0 Å². The van der Waals surface area contributed by atoms with Gasteiger partial charge in [0.15, 0.2) is 0 Å². The zero-order chi connectivity index (χ0) is 7.97. The molecule has 0 spiro atoms. The van der Waals surface area contributed by atoms with E-state index in [9.17, 15) is 0 Å². The number of aromatic amines is 1. The van der Waals surface area contributed by atoms with Gasteiger partial charge >= 0.3 is 0 Å². The Labute approximate surface area is 70.0 Å². The Kier molecular flexibility index (Phi) is 1.01. The summed E-state index contributed by atoms with van der Waals surface area (Å²) in [7, 11) is 0. The smallest absolute Gasteiger partial charge is 0.203 e. The number of hydrogen-bond acceptors (Lipinski definition) is 2. The molecule has 1 N–H and O–H groups in total. The van der Waals surface area contributed by atoms with Gasteiger partial charge in [0.2, 0.25) is 5.95 Å². The van der Waals surface area contributed by atoms with Gasteiger partial charge in [0.05, 0.1) is 11.0 Å². The molecule has 1 aromatic heterocycles. The second kappa shape index (κ2) is 2.00. The molecule has 0 unspecified atom stereocenters. The molecule has 12 heavy (non-hydrogen) atoms. The number of imidazole rings is 1. The summed E-state index contributed by atoms with van der Waals surface area (Å²) in [6, 6.07) is 8.11. The highest BCUT2D eigenvalue weighted by Gasteiger charge is 2.20. The fourth-order valence-electron chi connectivity index (χ4n) is 1.35. The summed E-state index contributed by atoms with van der Waals surface area (Å²) in [6.45, 7) is 2.28. The van der Waals surface area contributed by atoms with E-state index in [1.54, 1.807) is 0 Å². The minimum atomic E-state index is 1.01. The van der Waals surface area contributed by atoms with Crippen molar-refractivity contribution in [3.05, 3.63) is 24.3 Å². The van der Waals surface area contributed by atoms with Crippen LogP contribution >= 0.6 is 0 Å². The summed E-state index contributed by atoms with van der Waals surface area (Å²) in [5, 5.41) is 0. The molecule has 0 atom stereocenters. The van der Waals surface area contributed by atoms with E-state index in [0.29, 0.717) is 0 Å². The quantitative estimate of drug-likeness (QED) is 0.637. The van der Waals surface area contributed by atoms with Crippen LogP contribution in [-0.2, 0) is 0 Å². The molecule has 3 rings (SSSR count). The molecule has 0 amide bonds. The Balaban J connectivity index is 2.23. The van der Waals surface area contributed by atoms with E-state index in [-0.39, 0.29) is 0 Å². The van der Waals surface area contributed by atoms with E-state index in [4.69, 9.17) is 0 Å². The maximum atomic E-state index is 4.45. The fourth-order valence-corrected chi connectivity index (χ4v) is 1.35. The molecule has 0 saturated carbocycles. The number of nitrogens with zero attached hydrogens (tertiary/aromatic N) is 2. The van der Waals surface area contributed by atoms with Crippen LogP contribution in [0.25, 0.3) is 11.0 Å². The summed E-state index contributed by atoms with van der Waals surface area (Å²) < 4.78 is 0. The first kappa shape index (κ1) is 6.06. The van der Waals surface area contributed by atoms with Crippen LogP contribution in [0.5, 0.6) is 0 Å². The SMILES string of the molecule is c1ccc2[nH]c(N3CC3)nc2c1. The molecular weight excluding hydrogens is 150 g/mol. The van der Waals surface area contributed by atoms with Gasteiger partial charge in [0.25, 0.3) is 0 Å². The first-order valence-electron chi connectivity index (χ1n) is 4.13. The molecule has 2 heterocycles. The van der Waals surface area contributed by atoms with Crippen molar-refractivity contribution < 1.29 is 0 Å². The van der Waals surface area contributed by atoms with Crippen molar-refractivity contribution in [2.45, 2.75) is 0 Å². The summed E-state index contributed by atoms with van der Waals surface area (Å²) in [5.74, 6) is 1.01. The summed E-state index contributed by atoms with van der Waals surface area (Å²) in [5.41, 5.74) is 2.18. The van der Waals surface area contributed by atoms with Gasteiger partial charge in [-0.05, 0) is 12.1 Å². The molecule has 3 nitrogen and oxygen atoms in total. The number of aromatic nitrogens is 2. The summed E-state index contributed by atoms with van der Waals surface area (Å²) in [4.78, 5) is 9.93. The molecule has 0 radical (unpaired) electrons. The number of benzene rings is 1. The number of para-hydroxylation sites is 2. The Hall–Kier alpha value is -1.51. The number of nitrogens with one attached hydrogen (secondary N) is 1. The maximum Gasteiger partial charge on any atom is 0.203 e. The van der Waals surface area contributed by atoms with Crippen molar-refractivity contribution in [2.24, 2.45) is 0 Å². The molecule has 3 heteroatoms. The topological polar surface area (TPSA) is 31.7 Å². The van der Waals surface area contributed by atoms with Gasteiger partial charge in [-0.25, -0.2) is 4.98 Å². The van der Waals surface area contributed by atoms with Gasteiger partial charge in [0.1, 0.15) is 0 Å². The first-order valence-corrected chi connectivity index (χ1v) is 4.13. The van der Waals surface area contributed by atoms with Crippen molar-refractivity contribution in [1.82, 2.24) is 9.97 Å². The van der Waals surface area contributed by atoms with Gasteiger partial charge in [-0.3, -0.25) is 0 Å². The van der Waals surface area contributed by atoms with Gasteiger partial charge in [0, 0.05) is 13.1 Å². The maximum absolute atomic E-state index is 4.45. The van der Waals surface area contributed by atoms with Crippen molar-refractivity contribution in [2.75, 3.05) is 18.0 Å². The molecule has 60 valence electrons. The van der Waals surface area contributed by atoms with Gasteiger partial charge in [-0.15, -0.1) is 0 Å². The Morgan fingerprint density at radius 2 is 2.08 bits per heavy atom. The minimum Gasteiger partial charge on any atom is -0.339 e. The van der Waals surface area contributed by atoms with Crippen molar-refractivity contribution >= 4 is 17.0 Å². The van der Waals surface area contributed by atoms with Crippen LogP contribution in [0.4, 0.5) is 5.95 Å². The molecule has 1 saturated heterocycles. The lowest BCUT2D eigenvalue weighted by molar-refractivity contribution is 1.21. The third-order valence-corrected chi connectivity index (χ3v) is 2.12. The van der Waals surface area contributed by atoms with E-state index in [1.807, 2.05) is 18.2 Å². The average Bonchev–Trinajstić information content (AvgIpc) is 2.85. The number of hydrogen-bond donors (Lipinski definition) is 1. The predicted octanol–water partition coefficient (Wildman–Crippen LogP) is 1.38. The van der Waals surface area contributed by atoms with Crippen LogP contribution in [0.1, 0.15) is 0 Å². The zero-order valence-corrected chi connectivity index (χ0v) is 6.62. The predicted molar refractivity (Wildman–Crippen MR) is 48.3 cm³/mol. The lowest BCUT2D eigenvalue weighted by atomic mass is 10.3. The molecular formula is C9H9N3. The van der Waals surface area contributed by atoms with Crippen molar-refractivity contribution in [3.63, 3.8) is 0 Å². The largest absolute Gasteiger partial charge is 0.339 e. The van der Waals surface area contributed by atoms with Gasteiger partial charge in [-0.2, -0.15) is 0 Å². The van der Waals surface area contributed by atoms with Gasteiger partial charge in [-0.1, -0.05) is 12.1 Å². The van der Waals surface area contributed by atoms with Crippen LogP contribution in [0, 0.1) is 0 Å². The van der Waals surface area contributed by atoms with Crippen LogP contribution in [0.3, 0.4) is 0 Å². The highest BCUT2D eigenvalue weighted by molar-refractivity contribution is 5.77. The monoisotopic (exact) mass is 159 g/mol. The minimum absolute atomic E-state index is 1.01. The molecule has 0 bridgehead atoms. The number of H-pyrrole nitrogens is 1. The number of rotatable bonds is 1. The standard InChI is InChI=1S/C9H9N3/c1-2-4-8-7(3-1)10-9(11-8)12-5-6-12/h1-4H,5-6H2,(H,10,11). The van der Waals surface area contributed by atoms with Crippen LogP contribution in [0.2, 0.25) is 0 Å². The molecule has 2 aromatic rings. The highest BCUT2D eigenvalue weighted by atomic mass is 15.4.